The molecule has 1 aromatic carbocycles. The number of fused-ring (bicyclic) bond motifs is 1. The van der Waals surface area contributed by atoms with Crippen molar-refractivity contribution in [3.8, 4) is 0 Å². The largest absolute Gasteiger partial charge is 0.311 e. The van der Waals surface area contributed by atoms with Crippen LogP contribution in [-0.2, 0) is 13.0 Å². The standard InChI is InChI=1S/C18H23N3O2S/c1-13-11-16-7-10-24-18(16)14(2)20(13)9-8-19-12-15-3-5-17(6-4-15)21(22)23/h3-7,10,13-14,19H,8-9,11-12H2,1-2H3/t13-,14+/m1/s1. The van der Waals surface area contributed by atoms with Crippen LogP contribution in [0.3, 0.4) is 0 Å². The summed E-state index contributed by atoms with van der Waals surface area (Å²) in [4.78, 5) is 14.4. The van der Waals surface area contributed by atoms with E-state index in [9.17, 15) is 10.1 Å². The highest BCUT2D eigenvalue weighted by Crippen LogP contribution is 2.35. The van der Waals surface area contributed by atoms with Crippen LogP contribution in [-0.4, -0.2) is 29.0 Å². The van der Waals surface area contributed by atoms with E-state index in [4.69, 9.17) is 0 Å². The molecular formula is C18H23N3O2S. The molecule has 0 saturated carbocycles. The molecule has 0 aliphatic carbocycles. The second kappa shape index (κ2) is 7.42. The number of benzene rings is 1. The van der Waals surface area contributed by atoms with Crippen molar-refractivity contribution in [2.24, 2.45) is 0 Å². The molecule has 0 unspecified atom stereocenters. The van der Waals surface area contributed by atoms with Crippen LogP contribution >= 0.6 is 11.3 Å². The number of rotatable bonds is 6. The van der Waals surface area contributed by atoms with Gasteiger partial charge in [-0.1, -0.05) is 12.1 Å². The van der Waals surface area contributed by atoms with Gasteiger partial charge in [0, 0.05) is 48.7 Å². The zero-order valence-corrected chi connectivity index (χ0v) is 14.9. The molecule has 6 heteroatoms. The zero-order valence-electron chi connectivity index (χ0n) is 14.1. The first-order chi connectivity index (χ1) is 11.6. The van der Waals surface area contributed by atoms with Crippen LogP contribution in [0.25, 0.3) is 0 Å². The van der Waals surface area contributed by atoms with Crippen LogP contribution in [0.4, 0.5) is 5.69 Å². The van der Waals surface area contributed by atoms with E-state index in [0.29, 0.717) is 12.1 Å². The van der Waals surface area contributed by atoms with Gasteiger partial charge in [-0.3, -0.25) is 15.0 Å². The lowest BCUT2D eigenvalue weighted by atomic mass is 9.97. The number of thiophene rings is 1. The van der Waals surface area contributed by atoms with Gasteiger partial charge < -0.3 is 5.32 Å². The monoisotopic (exact) mass is 345 g/mol. The third-order valence-electron chi connectivity index (χ3n) is 4.76. The van der Waals surface area contributed by atoms with Crippen LogP contribution in [0.5, 0.6) is 0 Å². The first kappa shape index (κ1) is 17.1. The molecule has 3 rings (SSSR count). The van der Waals surface area contributed by atoms with Gasteiger partial charge in [0.25, 0.3) is 5.69 Å². The van der Waals surface area contributed by atoms with Gasteiger partial charge in [-0.05, 0) is 42.8 Å². The van der Waals surface area contributed by atoms with Gasteiger partial charge >= 0.3 is 0 Å². The van der Waals surface area contributed by atoms with Crippen LogP contribution < -0.4 is 5.32 Å². The van der Waals surface area contributed by atoms with Gasteiger partial charge in [0.2, 0.25) is 0 Å². The summed E-state index contributed by atoms with van der Waals surface area (Å²) in [5.74, 6) is 0. The number of hydrogen-bond acceptors (Lipinski definition) is 5. The van der Waals surface area contributed by atoms with E-state index >= 15 is 0 Å². The maximum Gasteiger partial charge on any atom is 0.269 e. The van der Waals surface area contributed by atoms with Gasteiger partial charge in [0.15, 0.2) is 0 Å². The molecule has 0 spiro atoms. The average molecular weight is 345 g/mol. The predicted octanol–water partition coefficient (Wildman–Crippen LogP) is 3.75. The van der Waals surface area contributed by atoms with Gasteiger partial charge in [-0.15, -0.1) is 11.3 Å². The molecule has 24 heavy (non-hydrogen) atoms. The fourth-order valence-corrected chi connectivity index (χ4v) is 4.45. The van der Waals surface area contributed by atoms with Gasteiger partial charge in [0.1, 0.15) is 0 Å². The van der Waals surface area contributed by atoms with Crippen molar-refractivity contribution in [1.29, 1.82) is 0 Å². The van der Waals surface area contributed by atoms with E-state index < -0.39 is 0 Å². The van der Waals surface area contributed by atoms with Crippen LogP contribution in [0, 0.1) is 10.1 Å². The smallest absolute Gasteiger partial charge is 0.269 e. The normalized spacial score (nSPS) is 20.8. The van der Waals surface area contributed by atoms with E-state index in [1.165, 1.54) is 10.4 Å². The molecule has 2 heterocycles. The van der Waals surface area contributed by atoms with Crippen molar-refractivity contribution in [3.05, 3.63) is 61.8 Å². The minimum absolute atomic E-state index is 0.140. The summed E-state index contributed by atoms with van der Waals surface area (Å²) in [6.45, 7) is 7.24. The van der Waals surface area contributed by atoms with Crippen molar-refractivity contribution in [2.45, 2.75) is 38.9 Å². The second-order valence-electron chi connectivity index (χ2n) is 6.38. The van der Waals surface area contributed by atoms with E-state index in [1.807, 2.05) is 23.5 Å². The van der Waals surface area contributed by atoms with E-state index in [-0.39, 0.29) is 10.6 Å². The van der Waals surface area contributed by atoms with Gasteiger partial charge in [-0.25, -0.2) is 0 Å². The summed E-state index contributed by atoms with van der Waals surface area (Å²) in [6, 6.07) is 10.0. The molecule has 2 aromatic rings. The summed E-state index contributed by atoms with van der Waals surface area (Å²) in [6.07, 6.45) is 1.13. The first-order valence-electron chi connectivity index (χ1n) is 8.32. The number of nitro benzene ring substituents is 1. The molecule has 1 aliphatic rings. The average Bonchev–Trinajstić information content (AvgIpc) is 3.03. The van der Waals surface area contributed by atoms with E-state index in [2.05, 4.69) is 35.5 Å². The molecule has 128 valence electrons. The fourth-order valence-electron chi connectivity index (χ4n) is 3.44. The van der Waals surface area contributed by atoms with Crippen molar-refractivity contribution < 1.29 is 4.92 Å². The van der Waals surface area contributed by atoms with Crippen molar-refractivity contribution in [1.82, 2.24) is 10.2 Å². The SMILES string of the molecule is C[C@@H]1Cc2ccsc2[C@H](C)N1CCNCc1ccc([N+](=O)[O-])cc1. The Labute approximate surface area is 146 Å². The Morgan fingerprint density at radius 3 is 2.75 bits per heavy atom. The number of non-ortho nitro benzene ring substituents is 1. The van der Waals surface area contributed by atoms with Crippen LogP contribution in [0.1, 0.15) is 35.9 Å². The lowest BCUT2D eigenvalue weighted by molar-refractivity contribution is -0.384. The zero-order chi connectivity index (χ0) is 17.1. The Morgan fingerprint density at radius 1 is 1.29 bits per heavy atom. The summed E-state index contributed by atoms with van der Waals surface area (Å²) >= 11 is 1.86. The van der Waals surface area contributed by atoms with Crippen molar-refractivity contribution in [3.63, 3.8) is 0 Å². The quantitative estimate of drug-likeness (QED) is 0.492. The minimum atomic E-state index is -0.366. The third kappa shape index (κ3) is 3.66. The van der Waals surface area contributed by atoms with Crippen molar-refractivity contribution in [2.75, 3.05) is 13.1 Å². The highest BCUT2D eigenvalue weighted by molar-refractivity contribution is 7.10. The molecule has 0 amide bonds. The molecule has 1 aliphatic heterocycles. The lowest BCUT2D eigenvalue weighted by Crippen LogP contribution is -2.43. The summed E-state index contributed by atoms with van der Waals surface area (Å²) in [5.41, 5.74) is 2.72. The Morgan fingerprint density at radius 2 is 2.04 bits per heavy atom. The van der Waals surface area contributed by atoms with E-state index in [0.717, 1.165) is 31.6 Å². The van der Waals surface area contributed by atoms with Crippen LogP contribution in [0.15, 0.2) is 35.7 Å². The van der Waals surface area contributed by atoms with Gasteiger partial charge in [0.05, 0.1) is 4.92 Å². The number of nitrogens with one attached hydrogen (secondary N) is 1. The Kier molecular flexibility index (Phi) is 5.28. The molecule has 2 atom stereocenters. The maximum atomic E-state index is 10.7. The molecule has 0 fully saturated rings. The molecule has 1 N–H and O–H groups in total. The van der Waals surface area contributed by atoms with Gasteiger partial charge in [-0.2, -0.15) is 0 Å². The number of nitro groups is 1. The molecular weight excluding hydrogens is 322 g/mol. The number of nitrogens with zero attached hydrogens (tertiary/aromatic N) is 2. The third-order valence-corrected chi connectivity index (χ3v) is 5.89. The van der Waals surface area contributed by atoms with Crippen LogP contribution in [0.2, 0.25) is 0 Å². The molecule has 5 nitrogen and oxygen atoms in total. The summed E-state index contributed by atoms with van der Waals surface area (Å²) in [7, 11) is 0. The highest BCUT2D eigenvalue weighted by Gasteiger charge is 2.29. The highest BCUT2D eigenvalue weighted by atomic mass is 32.1. The summed E-state index contributed by atoms with van der Waals surface area (Å²) in [5, 5.41) is 16.3. The molecule has 1 aromatic heterocycles. The lowest BCUT2D eigenvalue weighted by Gasteiger charge is -2.38. The maximum absolute atomic E-state index is 10.7. The minimum Gasteiger partial charge on any atom is -0.311 e. The van der Waals surface area contributed by atoms with Crippen molar-refractivity contribution >= 4 is 17.0 Å². The van der Waals surface area contributed by atoms with E-state index in [1.54, 1.807) is 12.1 Å². The summed E-state index contributed by atoms with van der Waals surface area (Å²) < 4.78 is 0. The molecule has 0 bridgehead atoms. The number of hydrogen-bond donors (Lipinski definition) is 1. The Bertz CT molecular complexity index is 699. The molecule has 0 radical (unpaired) electrons. The second-order valence-corrected chi connectivity index (χ2v) is 7.33. The predicted molar refractivity (Wildman–Crippen MR) is 97.4 cm³/mol. The fraction of sp³-hybridized carbons (Fsp3) is 0.444. The Hall–Kier alpha value is -1.76. The molecule has 0 saturated heterocycles. The topological polar surface area (TPSA) is 58.4 Å². The first-order valence-corrected chi connectivity index (χ1v) is 9.20. The Balaban J connectivity index is 1.49.